The van der Waals surface area contributed by atoms with E-state index in [1.165, 1.54) is 0 Å². The number of carbonyl (C=O) groups excluding carboxylic acids is 2. The molecule has 1 aromatic carbocycles. The molecule has 0 unspecified atom stereocenters. The molecule has 0 fully saturated rings. The molecule has 154 valence electrons. The third-order valence-electron chi connectivity index (χ3n) is 3.45. The molecule has 0 aliphatic rings. The van der Waals surface area contributed by atoms with Crippen molar-refractivity contribution in [3.8, 4) is 0 Å². The number of nitrogens with two attached hydrogens (primary N) is 1. The summed E-state index contributed by atoms with van der Waals surface area (Å²) in [4.78, 5) is 30.8. The standard InChI is InChI=1S/C20H27N3O4.ClH/c1-12-11-22-16(14-9-8-13(21)10-15(12)14)23(17(24)26-19(2,3)4)18(25)27-20(5,6)7;/h8-11H,21H2,1-7H3;1H. The fourth-order valence-corrected chi connectivity index (χ4v) is 2.42. The van der Waals surface area contributed by atoms with Crippen LogP contribution < -0.4 is 10.6 Å². The van der Waals surface area contributed by atoms with Crippen molar-refractivity contribution in [2.24, 2.45) is 0 Å². The van der Waals surface area contributed by atoms with Gasteiger partial charge in [-0.2, -0.15) is 4.90 Å². The fourth-order valence-electron chi connectivity index (χ4n) is 2.42. The first-order valence-corrected chi connectivity index (χ1v) is 8.69. The number of ether oxygens (including phenoxy) is 2. The van der Waals surface area contributed by atoms with E-state index in [-0.39, 0.29) is 18.2 Å². The molecular weight excluding hydrogens is 382 g/mol. The van der Waals surface area contributed by atoms with Gasteiger partial charge in [-0.25, -0.2) is 14.6 Å². The number of aromatic nitrogens is 1. The smallest absolute Gasteiger partial charge is 0.425 e. The summed E-state index contributed by atoms with van der Waals surface area (Å²) in [5, 5.41) is 1.39. The number of hydrogen-bond donors (Lipinski definition) is 1. The Hall–Kier alpha value is -2.54. The Kier molecular flexibility index (Phi) is 6.90. The van der Waals surface area contributed by atoms with E-state index in [4.69, 9.17) is 15.2 Å². The molecule has 0 saturated carbocycles. The highest BCUT2D eigenvalue weighted by Crippen LogP contribution is 2.30. The van der Waals surface area contributed by atoms with Crippen molar-refractivity contribution in [2.45, 2.75) is 59.7 Å². The molecule has 2 aromatic rings. The van der Waals surface area contributed by atoms with Crippen molar-refractivity contribution < 1.29 is 19.1 Å². The van der Waals surface area contributed by atoms with Crippen molar-refractivity contribution in [2.75, 3.05) is 10.6 Å². The van der Waals surface area contributed by atoms with Crippen LogP contribution in [0.1, 0.15) is 47.1 Å². The number of aryl methyl sites for hydroxylation is 1. The Labute approximate surface area is 171 Å². The van der Waals surface area contributed by atoms with Crippen molar-refractivity contribution in [1.82, 2.24) is 4.98 Å². The van der Waals surface area contributed by atoms with Crippen LogP contribution in [0, 0.1) is 6.92 Å². The van der Waals surface area contributed by atoms with Gasteiger partial charge in [-0.3, -0.25) is 0 Å². The summed E-state index contributed by atoms with van der Waals surface area (Å²) < 4.78 is 10.8. The number of fused-ring (bicyclic) bond motifs is 1. The molecule has 1 aromatic heterocycles. The van der Waals surface area contributed by atoms with E-state index in [9.17, 15) is 9.59 Å². The highest BCUT2D eigenvalue weighted by molar-refractivity contribution is 6.14. The van der Waals surface area contributed by atoms with Gasteiger partial charge >= 0.3 is 12.2 Å². The number of imide groups is 1. The van der Waals surface area contributed by atoms with Gasteiger partial charge in [0.25, 0.3) is 0 Å². The van der Waals surface area contributed by atoms with E-state index in [1.54, 1.807) is 65.9 Å². The summed E-state index contributed by atoms with van der Waals surface area (Å²) >= 11 is 0. The second-order valence-electron chi connectivity index (χ2n) is 8.37. The lowest BCUT2D eigenvalue weighted by Crippen LogP contribution is -2.44. The number of pyridine rings is 1. The maximum atomic E-state index is 12.8. The van der Waals surface area contributed by atoms with Crippen molar-refractivity contribution in [3.63, 3.8) is 0 Å². The van der Waals surface area contributed by atoms with E-state index >= 15 is 0 Å². The van der Waals surface area contributed by atoms with E-state index < -0.39 is 23.4 Å². The van der Waals surface area contributed by atoms with Crippen LogP contribution in [0.4, 0.5) is 21.1 Å². The number of nitrogens with zero attached hydrogens (tertiary/aromatic N) is 2. The maximum absolute atomic E-state index is 12.8. The van der Waals surface area contributed by atoms with Gasteiger partial charge < -0.3 is 15.2 Å². The number of nitrogen functional groups attached to an aromatic ring is 1. The molecule has 0 bridgehead atoms. The van der Waals surface area contributed by atoms with Crippen LogP contribution in [0.5, 0.6) is 0 Å². The van der Waals surface area contributed by atoms with Gasteiger partial charge in [0.15, 0.2) is 5.82 Å². The summed E-state index contributed by atoms with van der Waals surface area (Å²) in [6, 6.07) is 5.19. The second kappa shape index (κ2) is 8.22. The number of anilines is 2. The Morgan fingerprint density at radius 2 is 1.46 bits per heavy atom. The van der Waals surface area contributed by atoms with E-state index in [0.29, 0.717) is 11.1 Å². The average Bonchev–Trinajstić information content (AvgIpc) is 2.46. The predicted octanol–water partition coefficient (Wildman–Crippen LogP) is 5.22. The summed E-state index contributed by atoms with van der Waals surface area (Å²) in [5.41, 5.74) is 5.75. The highest BCUT2D eigenvalue weighted by atomic mass is 35.5. The minimum absolute atomic E-state index is 0. The molecule has 2 rings (SSSR count). The average molecular weight is 410 g/mol. The van der Waals surface area contributed by atoms with Crippen molar-refractivity contribution >= 4 is 46.9 Å². The minimum atomic E-state index is -0.855. The maximum Gasteiger partial charge on any atom is 0.425 e. The molecule has 0 atom stereocenters. The SMILES string of the molecule is Cc1cnc(N(C(=O)OC(C)(C)C)C(=O)OC(C)(C)C)c2ccc(N)cc12.Cl. The summed E-state index contributed by atoms with van der Waals surface area (Å²) in [5.74, 6) is 0.138. The predicted molar refractivity (Wildman–Crippen MR) is 113 cm³/mol. The van der Waals surface area contributed by atoms with E-state index in [2.05, 4.69) is 4.98 Å². The Balaban J connectivity index is 0.00000392. The lowest BCUT2D eigenvalue weighted by Gasteiger charge is -2.28. The number of halogens is 1. The van der Waals surface area contributed by atoms with E-state index in [0.717, 1.165) is 15.8 Å². The van der Waals surface area contributed by atoms with Crippen LogP contribution in [-0.2, 0) is 9.47 Å². The van der Waals surface area contributed by atoms with Crippen LogP contribution in [0.25, 0.3) is 10.8 Å². The summed E-state index contributed by atoms with van der Waals surface area (Å²) in [7, 11) is 0. The normalized spacial score (nSPS) is 11.5. The van der Waals surface area contributed by atoms with Gasteiger partial charge in [0.1, 0.15) is 11.2 Å². The molecular formula is C20H28ClN3O4. The minimum Gasteiger partial charge on any atom is -0.443 e. The van der Waals surface area contributed by atoms with Gasteiger partial charge in [0.2, 0.25) is 0 Å². The zero-order chi connectivity index (χ0) is 20.6. The molecule has 0 saturated heterocycles. The lowest BCUT2D eigenvalue weighted by atomic mass is 10.1. The number of rotatable bonds is 1. The first-order valence-electron chi connectivity index (χ1n) is 8.69. The van der Waals surface area contributed by atoms with Crippen LogP contribution in [-0.4, -0.2) is 28.4 Å². The van der Waals surface area contributed by atoms with Gasteiger partial charge in [-0.15, -0.1) is 12.4 Å². The Morgan fingerprint density at radius 1 is 0.964 bits per heavy atom. The molecule has 28 heavy (non-hydrogen) atoms. The Bertz CT molecular complexity index is 857. The first-order chi connectivity index (χ1) is 12.3. The van der Waals surface area contributed by atoms with Gasteiger partial charge in [0.05, 0.1) is 0 Å². The first kappa shape index (κ1) is 23.5. The van der Waals surface area contributed by atoms with Gasteiger partial charge in [-0.05, 0) is 77.6 Å². The van der Waals surface area contributed by atoms with Crippen molar-refractivity contribution in [3.05, 3.63) is 30.0 Å². The van der Waals surface area contributed by atoms with Crippen LogP contribution >= 0.6 is 12.4 Å². The van der Waals surface area contributed by atoms with Gasteiger partial charge in [0, 0.05) is 17.3 Å². The van der Waals surface area contributed by atoms with E-state index in [1.807, 2.05) is 6.92 Å². The second-order valence-corrected chi connectivity index (χ2v) is 8.37. The molecule has 0 spiro atoms. The zero-order valence-electron chi connectivity index (χ0n) is 17.3. The third kappa shape index (κ3) is 5.73. The molecule has 1 heterocycles. The van der Waals surface area contributed by atoms with Crippen LogP contribution in [0.3, 0.4) is 0 Å². The quantitative estimate of drug-likeness (QED) is 0.648. The number of carbonyl (C=O) groups is 2. The topological polar surface area (TPSA) is 94.8 Å². The van der Waals surface area contributed by atoms with Crippen molar-refractivity contribution in [1.29, 1.82) is 0 Å². The fraction of sp³-hybridized carbons (Fsp3) is 0.450. The molecule has 7 nitrogen and oxygen atoms in total. The molecule has 2 N–H and O–H groups in total. The highest BCUT2D eigenvalue weighted by Gasteiger charge is 2.34. The molecule has 2 amide bonds. The zero-order valence-corrected chi connectivity index (χ0v) is 18.1. The number of amides is 2. The monoisotopic (exact) mass is 409 g/mol. The molecule has 0 radical (unpaired) electrons. The van der Waals surface area contributed by atoms with Crippen LogP contribution in [0.15, 0.2) is 24.4 Å². The summed E-state index contributed by atoms with van der Waals surface area (Å²) in [6.45, 7) is 12.2. The third-order valence-corrected chi connectivity index (χ3v) is 3.45. The number of benzene rings is 1. The molecule has 0 aliphatic carbocycles. The van der Waals surface area contributed by atoms with Crippen LogP contribution in [0.2, 0.25) is 0 Å². The molecule has 8 heteroatoms. The summed E-state index contributed by atoms with van der Waals surface area (Å²) in [6.07, 6.45) is -0.129. The van der Waals surface area contributed by atoms with Gasteiger partial charge in [-0.1, -0.05) is 0 Å². The largest absolute Gasteiger partial charge is 0.443 e. The molecule has 0 aliphatic heterocycles. The lowest BCUT2D eigenvalue weighted by molar-refractivity contribution is 0.0429. The number of hydrogen-bond acceptors (Lipinski definition) is 6. The Morgan fingerprint density at radius 3 is 1.93 bits per heavy atom.